The predicted octanol–water partition coefficient (Wildman–Crippen LogP) is 3.20. The maximum Gasteiger partial charge on any atom is 0.0757 e. The Morgan fingerprint density at radius 1 is 1.50 bits per heavy atom. The summed E-state index contributed by atoms with van der Waals surface area (Å²) >= 11 is 6.31. The first-order valence-electron chi connectivity index (χ1n) is 6.65. The Kier molecular flexibility index (Phi) is 4.66. The molecule has 1 heterocycles. The zero-order valence-corrected chi connectivity index (χ0v) is 12.1. The number of rotatable bonds is 4. The Morgan fingerprint density at radius 3 is 2.83 bits per heavy atom. The largest absolute Gasteiger partial charge is 0.376 e. The summed E-state index contributed by atoms with van der Waals surface area (Å²) in [6.07, 6.45) is 2.38. The van der Waals surface area contributed by atoms with E-state index < -0.39 is 0 Å². The van der Waals surface area contributed by atoms with E-state index in [2.05, 4.69) is 31.3 Å². The van der Waals surface area contributed by atoms with E-state index in [0.29, 0.717) is 18.1 Å². The van der Waals surface area contributed by atoms with Crippen molar-refractivity contribution in [1.29, 1.82) is 0 Å². The van der Waals surface area contributed by atoms with Crippen molar-refractivity contribution in [3.05, 3.63) is 34.3 Å². The molecule has 1 saturated heterocycles. The minimum absolute atomic E-state index is 0.298. The highest BCUT2D eigenvalue weighted by molar-refractivity contribution is 6.31. The molecule has 3 heteroatoms. The van der Waals surface area contributed by atoms with Gasteiger partial charge >= 0.3 is 0 Å². The molecule has 2 nitrogen and oxygen atoms in total. The number of ether oxygens (including phenoxy) is 1. The minimum Gasteiger partial charge on any atom is -0.376 e. The van der Waals surface area contributed by atoms with Gasteiger partial charge < -0.3 is 10.1 Å². The van der Waals surface area contributed by atoms with Crippen LogP contribution in [0.5, 0.6) is 0 Å². The van der Waals surface area contributed by atoms with Gasteiger partial charge in [0.2, 0.25) is 0 Å². The van der Waals surface area contributed by atoms with Crippen LogP contribution < -0.4 is 5.32 Å². The van der Waals surface area contributed by atoms with Crippen LogP contribution >= 0.6 is 11.6 Å². The summed E-state index contributed by atoms with van der Waals surface area (Å²) in [5, 5.41) is 4.24. The van der Waals surface area contributed by atoms with E-state index in [4.69, 9.17) is 16.3 Å². The third-order valence-electron chi connectivity index (χ3n) is 3.86. The van der Waals surface area contributed by atoms with Crippen LogP contribution in [0.3, 0.4) is 0 Å². The van der Waals surface area contributed by atoms with Crippen LogP contribution in [0.4, 0.5) is 0 Å². The standard InChI is InChI=1S/C15H22ClNO/c1-10-4-5-12(13(16)8-10)9-14(17-3)15-11(2)6-7-18-15/h4-5,8,11,14-15,17H,6-7,9H2,1-3H3. The molecule has 18 heavy (non-hydrogen) atoms. The Balaban J connectivity index is 2.10. The van der Waals surface area contributed by atoms with Crippen molar-refractivity contribution in [1.82, 2.24) is 5.32 Å². The predicted molar refractivity (Wildman–Crippen MR) is 76.3 cm³/mol. The number of hydrogen-bond donors (Lipinski definition) is 1. The van der Waals surface area contributed by atoms with Crippen LogP contribution in [-0.4, -0.2) is 25.8 Å². The third kappa shape index (κ3) is 3.05. The molecule has 1 fully saturated rings. The summed E-state index contributed by atoms with van der Waals surface area (Å²) < 4.78 is 5.85. The SMILES string of the molecule is CNC(Cc1ccc(C)cc1Cl)C1OCCC1C. The summed E-state index contributed by atoms with van der Waals surface area (Å²) in [5.41, 5.74) is 2.40. The highest BCUT2D eigenvalue weighted by Gasteiger charge is 2.31. The zero-order chi connectivity index (χ0) is 13.1. The molecule has 0 amide bonds. The molecule has 0 radical (unpaired) electrons. The number of benzene rings is 1. The van der Waals surface area contributed by atoms with E-state index >= 15 is 0 Å². The first-order valence-corrected chi connectivity index (χ1v) is 7.03. The van der Waals surface area contributed by atoms with Crippen LogP contribution in [0.1, 0.15) is 24.5 Å². The van der Waals surface area contributed by atoms with E-state index in [1.54, 1.807) is 0 Å². The van der Waals surface area contributed by atoms with E-state index in [0.717, 1.165) is 24.5 Å². The van der Waals surface area contributed by atoms with Crippen molar-refractivity contribution in [2.45, 2.75) is 38.8 Å². The molecule has 0 bridgehead atoms. The highest BCUT2D eigenvalue weighted by Crippen LogP contribution is 2.26. The average molecular weight is 268 g/mol. The molecule has 1 aliphatic heterocycles. The molecular weight excluding hydrogens is 246 g/mol. The molecule has 0 saturated carbocycles. The Hall–Kier alpha value is -0.570. The van der Waals surface area contributed by atoms with Gasteiger partial charge in [-0.2, -0.15) is 0 Å². The first-order chi connectivity index (χ1) is 8.61. The fraction of sp³-hybridized carbons (Fsp3) is 0.600. The normalized spacial score (nSPS) is 25.3. The van der Waals surface area contributed by atoms with Crippen LogP contribution in [0.25, 0.3) is 0 Å². The third-order valence-corrected chi connectivity index (χ3v) is 4.21. The molecule has 2 rings (SSSR count). The average Bonchev–Trinajstić information content (AvgIpc) is 2.75. The van der Waals surface area contributed by atoms with Gasteiger partial charge in [0, 0.05) is 17.7 Å². The maximum atomic E-state index is 6.31. The Morgan fingerprint density at radius 2 is 2.28 bits per heavy atom. The van der Waals surface area contributed by atoms with Crippen molar-refractivity contribution in [3.8, 4) is 0 Å². The molecule has 3 unspecified atom stereocenters. The van der Waals surface area contributed by atoms with Gasteiger partial charge in [0.1, 0.15) is 0 Å². The molecule has 1 aromatic carbocycles. The number of nitrogens with one attached hydrogen (secondary N) is 1. The topological polar surface area (TPSA) is 21.3 Å². The smallest absolute Gasteiger partial charge is 0.0757 e. The highest BCUT2D eigenvalue weighted by atomic mass is 35.5. The van der Waals surface area contributed by atoms with E-state index in [1.807, 2.05) is 13.1 Å². The lowest BCUT2D eigenvalue weighted by Crippen LogP contribution is -2.42. The molecule has 1 aromatic rings. The summed E-state index contributed by atoms with van der Waals surface area (Å²) in [6.45, 7) is 5.21. The van der Waals surface area contributed by atoms with Gasteiger partial charge in [-0.25, -0.2) is 0 Å². The lowest BCUT2D eigenvalue weighted by Gasteiger charge is -2.26. The van der Waals surface area contributed by atoms with Crippen molar-refractivity contribution in [2.75, 3.05) is 13.7 Å². The first kappa shape index (κ1) is 13.9. The van der Waals surface area contributed by atoms with Gasteiger partial charge in [0.15, 0.2) is 0 Å². The molecular formula is C15H22ClNO. The number of hydrogen-bond acceptors (Lipinski definition) is 2. The molecule has 100 valence electrons. The second-order valence-corrected chi connectivity index (χ2v) is 5.70. The monoisotopic (exact) mass is 267 g/mol. The fourth-order valence-electron chi connectivity index (χ4n) is 2.67. The van der Waals surface area contributed by atoms with Gasteiger partial charge in [-0.05, 0) is 49.9 Å². The number of halogens is 1. The van der Waals surface area contributed by atoms with E-state index in [9.17, 15) is 0 Å². The lowest BCUT2D eigenvalue weighted by molar-refractivity contribution is 0.0634. The molecule has 1 N–H and O–H groups in total. The summed E-state index contributed by atoms with van der Waals surface area (Å²) in [6, 6.07) is 6.61. The molecule has 1 aliphatic rings. The Labute approximate surface area is 115 Å². The minimum atomic E-state index is 0.298. The van der Waals surface area contributed by atoms with Gasteiger partial charge in [0.05, 0.1) is 6.10 Å². The van der Waals surface area contributed by atoms with Gasteiger partial charge in [-0.15, -0.1) is 0 Å². The lowest BCUT2D eigenvalue weighted by atomic mass is 9.93. The van der Waals surface area contributed by atoms with Gasteiger partial charge in [-0.1, -0.05) is 30.7 Å². The van der Waals surface area contributed by atoms with Crippen LogP contribution in [0.15, 0.2) is 18.2 Å². The maximum absolute atomic E-state index is 6.31. The van der Waals surface area contributed by atoms with Crippen LogP contribution in [0, 0.1) is 12.8 Å². The van der Waals surface area contributed by atoms with Crippen LogP contribution in [-0.2, 0) is 11.2 Å². The quantitative estimate of drug-likeness (QED) is 0.905. The van der Waals surface area contributed by atoms with E-state index in [-0.39, 0.29) is 0 Å². The summed E-state index contributed by atoms with van der Waals surface area (Å²) in [5.74, 6) is 0.617. The van der Waals surface area contributed by atoms with Crippen molar-refractivity contribution in [2.24, 2.45) is 5.92 Å². The molecule has 3 atom stereocenters. The van der Waals surface area contributed by atoms with Crippen molar-refractivity contribution in [3.63, 3.8) is 0 Å². The number of aryl methyl sites for hydroxylation is 1. The molecule has 0 aromatic heterocycles. The van der Waals surface area contributed by atoms with Crippen LogP contribution in [0.2, 0.25) is 5.02 Å². The van der Waals surface area contributed by atoms with Crippen molar-refractivity contribution >= 4 is 11.6 Å². The fourth-order valence-corrected chi connectivity index (χ4v) is 2.98. The second-order valence-electron chi connectivity index (χ2n) is 5.30. The number of likely N-dealkylation sites (N-methyl/N-ethyl adjacent to an activating group) is 1. The summed E-state index contributed by atoms with van der Waals surface area (Å²) in [7, 11) is 2.00. The zero-order valence-electron chi connectivity index (χ0n) is 11.4. The Bertz CT molecular complexity index is 407. The van der Waals surface area contributed by atoms with Gasteiger partial charge in [-0.3, -0.25) is 0 Å². The second kappa shape index (κ2) is 6.05. The van der Waals surface area contributed by atoms with Gasteiger partial charge in [0.25, 0.3) is 0 Å². The van der Waals surface area contributed by atoms with E-state index in [1.165, 1.54) is 11.1 Å². The summed E-state index contributed by atoms with van der Waals surface area (Å²) in [4.78, 5) is 0. The molecule has 0 aliphatic carbocycles. The molecule has 0 spiro atoms. The van der Waals surface area contributed by atoms with Crippen molar-refractivity contribution < 1.29 is 4.74 Å².